The first kappa shape index (κ1) is 18.6. The Hall–Kier alpha value is -1.74. The van der Waals surface area contributed by atoms with E-state index in [1.807, 2.05) is 24.3 Å². The average Bonchev–Trinajstić information content (AvgIpc) is 3.07. The third-order valence-electron chi connectivity index (χ3n) is 4.70. The lowest BCUT2D eigenvalue weighted by molar-refractivity contribution is 0.331. The molecule has 0 atom stereocenters. The molecule has 4 rings (SSSR count). The fraction of sp³-hybridized carbons (Fsp3) is 0.333. The summed E-state index contributed by atoms with van der Waals surface area (Å²) in [5.74, 6) is 0.808. The maximum Gasteiger partial charge on any atom is 0.211 e. The number of thiophene rings is 1. The highest BCUT2D eigenvalue weighted by molar-refractivity contribution is 7.88. The second-order valence-electron chi connectivity index (χ2n) is 6.63. The SMILES string of the molecule is CS(=O)(=O)N1CCC(Nc2ncnc3cc(-c4ccc(Cl)cc4)sc23)CC1. The second kappa shape index (κ2) is 7.35. The third-order valence-corrected chi connectivity index (χ3v) is 7.44. The van der Waals surface area contributed by atoms with E-state index in [0.29, 0.717) is 18.1 Å². The van der Waals surface area contributed by atoms with Crippen molar-refractivity contribution in [3.05, 3.63) is 41.7 Å². The zero-order valence-electron chi connectivity index (χ0n) is 14.7. The summed E-state index contributed by atoms with van der Waals surface area (Å²) >= 11 is 7.62. The van der Waals surface area contributed by atoms with Crippen molar-refractivity contribution in [3.8, 4) is 10.4 Å². The van der Waals surface area contributed by atoms with E-state index in [9.17, 15) is 8.42 Å². The Balaban J connectivity index is 1.55. The van der Waals surface area contributed by atoms with Gasteiger partial charge in [-0.05, 0) is 36.6 Å². The zero-order chi connectivity index (χ0) is 19.0. The van der Waals surface area contributed by atoms with E-state index in [-0.39, 0.29) is 6.04 Å². The van der Waals surface area contributed by atoms with Crippen LogP contribution in [0.4, 0.5) is 5.82 Å². The molecule has 1 aliphatic heterocycles. The summed E-state index contributed by atoms with van der Waals surface area (Å²) in [6.45, 7) is 1.07. The normalized spacial score (nSPS) is 16.7. The van der Waals surface area contributed by atoms with Crippen LogP contribution in [0.5, 0.6) is 0 Å². The van der Waals surface area contributed by atoms with Gasteiger partial charge in [0.25, 0.3) is 0 Å². The lowest BCUT2D eigenvalue weighted by Gasteiger charge is -2.30. The van der Waals surface area contributed by atoms with Crippen molar-refractivity contribution in [2.45, 2.75) is 18.9 Å². The summed E-state index contributed by atoms with van der Waals surface area (Å²) < 4.78 is 25.9. The van der Waals surface area contributed by atoms with E-state index >= 15 is 0 Å². The molecule has 27 heavy (non-hydrogen) atoms. The molecule has 1 aliphatic rings. The second-order valence-corrected chi connectivity index (χ2v) is 10.1. The molecule has 1 fully saturated rings. The van der Waals surface area contributed by atoms with Gasteiger partial charge in [0.15, 0.2) is 0 Å². The Labute approximate surface area is 167 Å². The van der Waals surface area contributed by atoms with Gasteiger partial charge in [-0.25, -0.2) is 22.7 Å². The maximum absolute atomic E-state index is 11.7. The number of fused-ring (bicyclic) bond motifs is 1. The summed E-state index contributed by atoms with van der Waals surface area (Å²) in [5, 5.41) is 4.20. The van der Waals surface area contributed by atoms with Gasteiger partial charge in [-0.2, -0.15) is 0 Å². The van der Waals surface area contributed by atoms with Crippen molar-refractivity contribution >= 4 is 49.0 Å². The van der Waals surface area contributed by atoms with Crippen LogP contribution in [0, 0.1) is 0 Å². The van der Waals surface area contributed by atoms with Crippen LogP contribution in [0.3, 0.4) is 0 Å². The number of benzene rings is 1. The Morgan fingerprint density at radius 2 is 1.89 bits per heavy atom. The summed E-state index contributed by atoms with van der Waals surface area (Å²) in [4.78, 5) is 9.92. The van der Waals surface area contributed by atoms with Gasteiger partial charge < -0.3 is 5.32 Å². The smallest absolute Gasteiger partial charge is 0.211 e. The summed E-state index contributed by atoms with van der Waals surface area (Å²) in [5.41, 5.74) is 1.99. The number of aromatic nitrogens is 2. The van der Waals surface area contributed by atoms with Crippen LogP contribution in [0.2, 0.25) is 5.02 Å². The van der Waals surface area contributed by atoms with Crippen LogP contribution < -0.4 is 5.32 Å². The molecule has 6 nitrogen and oxygen atoms in total. The maximum atomic E-state index is 11.7. The van der Waals surface area contributed by atoms with Crippen LogP contribution in [0.25, 0.3) is 20.7 Å². The third kappa shape index (κ3) is 4.08. The first-order valence-corrected chi connectivity index (χ1v) is 11.7. The number of hydrogen-bond donors (Lipinski definition) is 1. The number of halogens is 1. The molecule has 0 spiro atoms. The van der Waals surface area contributed by atoms with E-state index in [4.69, 9.17) is 11.6 Å². The van der Waals surface area contributed by atoms with E-state index in [1.165, 1.54) is 10.6 Å². The molecule has 142 valence electrons. The summed E-state index contributed by atoms with van der Waals surface area (Å²) in [6, 6.07) is 10.00. The highest BCUT2D eigenvalue weighted by atomic mass is 35.5. The summed E-state index contributed by atoms with van der Waals surface area (Å²) in [6.07, 6.45) is 4.34. The fourth-order valence-corrected chi connectivity index (χ4v) is 5.31. The number of hydrogen-bond acceptors (Lipinski definition) is 6. The average molecular weight is 423 g/mol. The number of piperidine rings is 1. The molecule has 1 N–H and O–H groups in total. The predicted octanol–water partition coefficient (Wildman–Crippen LogP) is 3.85. The minimum atomic E-state index is -3.11. The number of anilines is 1. The minimum Gasteiger partial charge on any atom is -0.366 e. The molecule has 0 saturated carbocycles. The van der Waals surface area contributed by atoms with Crippen molar-refractivity contribution in [3.63, 3.8) is 0 Å². The monoisotopic (exact) mass is 422 g/mol. The van der Waals surface area contributed by atoms with Gasteiger partial charge in [0.05, 0.1) is 16.5 Å². The lowest BCUT2D eigenvalue weighted by atomic mass is 10.1. The number of nitrogens with one attached hydrogen (secondary N) is 1. The van der Waals surface area contributed by atoms with Crippen LogP contribution in [0.1, 0.15) is 12.8 Å². The number of rotatable bonds is 4. The molecule has 3 heterocycles. The molecule has 1 saturated heterocycles. The van der Waals surface area contributed by atoms with Gasteiger partial charge in [-0.3, -0.25) is 0 Å². The highest BCUT2D eigenvalue weighted by Gasteiger charge is 2.25. The molecule has 1 aromatic carbocycles. The highest BCUT2D eigenvalue weighted by Crippen LogP contribution is 2.36. The Morgan fingerprint density at radius 3 is 2.56 bits per heavy atom. The van der Waals surface area contributed by atoms with Crippen LogP contribution in [-0.2, 0) is 10.0 Å². The fourth-order valence-electron chi connectivity index (χ4n) is 3.24. The topological polar surface area (TPSA) is 75.2 Å². The van der Waals surface area contributed by atoms with Crippen molar-refractivity contribution in [2.75, 3.05) is 24.7 Å². The molecule has 0 bridgehead atoms. The number of nitrogens with zero attached hydrogens (tertiary/aromatic N) is 3. The van der Waals surface area contributed by atoms with Gasteiger partial charge in [0.2, 0.25) is 10.0 Å². The van der Waals surface area contributed by atoms with Crippen molar-refractivity contribution in [1.82, 2.24) is 14.3 Å². The van der Waals surface area contributed by atoms with Crippen LogP contribution in [-0.4, -0.2) is 48.1 Å². The van der Waals surface area contributed by atoms with Crippen molar-refractivity contribution in [1.29, 1.82) is 0 Å². The van der Waals surface area contributed by atoms with Crippen molar-refractivity contribution < 1.29 is 8.42 Å². The first-order chi connectivity index (χ1) is 12.9. The molecule has 2 aromatic heterocycles. The summed E-state index contributed by atoms with van der Waals surface area (Å²) in [7, 11) is -3.11. The molecule has 3 aromatic rings. The van der Waals surface area contributed by atoms with Crippen LogP contribution in [0.15, 0.2) is 36.7 Å². The molecule has 9 heteroatoms. The Bertz CT molecular complexity index is 1060. The predicted molar refractivity (Wildman–Crippen MR) is 111 cm³/mol. The molecule has 0 amide bonds. The molecule has 0 radical (unpaired) electrons. The lowest BCUT2D eigenvalue weighted by Crippen LogP contribution is -2.41. The molecule has 0 aliphatic carbocycles. The Kier molecular flexibility index (Phi) is 5.07. The standard InChI is InChI=1S/C18H19ClN4O2S2/c1-27(24,25)23-8-6-14(7-9-23)22-18-17-15(20-11-21-18)10-16(26-17)12-2-4-13(19)5-3-12/h2-5,10-11,14H,6-9H2,1H3,(H,20,21,22). The zero-order valence-corrected chi connectivity index (χ0v) is 17.1. The van der Waals surface area contributed by atoms with Gasteiger partial charge in [0.1, 0.15) is 12.1 Å². The number of sulfonamides is 1. The van der Waals surface area contributed by atoms with Gasteiger partial charge in [-0.1, -0.05) is 23.7 Å². The Morgan fingerprint density at radius 1 is 1.19 bits per heavy atom. The van der Waals surface area contributed by atoms with Crippen molar-refractivity contribution in [2.24, 2.45) is 0 Å². The largest absolute Gasteiger partial charge is 0.366 e. The van der Waals surface area contributed by atoms with Gasteiger partial charge in [-0.15, -0.1) is 11.3 Å². The van der Waals surface area contributed by atoms with E-state index in [2.05, 4.69) is 21.4 Å². The van der Waals surface area contributed by atoms with Gasteiger partial charge >= 0.3 is 0 Å². The molecular formula is C18H19ClN4O2S2. The molecule has 0 unspecified atom stereocenters. The first-order valence-electron chi connectivity index (χ1n) is 8.62. The molecular weight excluding hydrogens is 404 g/mol. The van der Waals surface area contributed by atoms with E-state index < -0.39 is 10.0 Å². The minimum absolute atomic E-state index is 0.196. The van der Waals surface area contributed by atoms with E-state index in [0.717, 1.165) is 39.3 Å². The van der Waals surface area contributed by atoms with Crippen LogP contribution >= 0.6 is 22.9 Å². The quantitative estimate of drug-likeness (QED) is 0.691. The van der Waals surface area contributed by atoms with Gasteiger partial charge in [0, 0.05) is 29.0 Å². The van der Waals surface area contributed by atoms with E-state index in [1.54, 1.807) is 17.7 Å².